The van der Waals surface area contributed by atoms with Crippen molar-refractivity contribution in [3.05, 3.63) is 21.0 Å². The molecule has 10 unspecified atom stereocenters. The van der Waals surface area contributed by atoms with E-state index in [4.69, 9.17) is 4.74 Å². The molecule has 9 rings (SSSR count). The molecule has 108 valence electrons. The van der Waals surface area contributed by atoms with Crippen LogP contribution < -0.4 is 11.4 Å². The van der Waals surface area contributed by atoms with Crippen LogP contribution in [-0.2, 0) is 11.8 Å². The van der Waals surface area contributed by atoms with Gasteiger partial charge in [-0.05, 0) is 36.5 Å². The number of aromatic nitrogens is 3. The van der Waals surface area contributed by atoms with Crippen LogP contribution in [-0.4, -0.2) is 26.1 Å². The topological polar surface area (TPSA) is 61.5 Å². The van der Waals surface area contributed by atoms with Gasteiger partial charge in [-0.3, -0.25) is 0 Å². The Balaban J connectivity index is 1.53. The minimum absolute atomic E-state index is 0.0935. The Morgan fingerprint density at radius 3 is 1.90 bits per heavy atom. The highest BCUT2D eigenvalue weighted by atomic mass is 16.6. The third-order valence-corrected chi connectivity index (χ3v) is 8.99. The summed E-state index contributed by atoms with van der Waals surface area (Å²) in [6, 6.07) is 0.600. The Labute approximate surface area is 119 Å². The largest absolute Gasteiger partial charge is 0.370 e. The van der Waals surface area contributed by atoms with Gasteiger partial charge in [0.25, 0.3) is 0 Å². The summed E-state index contributed by atoms with van der Waals surface area (Å²) in [4.78, 5) is 25.1. The zero-order valence-corrected chi connectivity index (χ0v) is 11.6. The summed E-state index contributed by atoms with van der Waals surface area (Å²) < 4.78 is 10.9. The second-order valence-electron chi connectivity index (χ2n) is 8.61. The first-order valence-corrected chi connectivity index (χ1v) is 8.20. The minimum Gasteiger partial charge on any atom is -0.370 e. The van der Waals surface area contributed by atoms with E-state index >= 15 is 0 Å². The van der Waals surface area contributed by atoms with Crippen molar-refractivity contribution in [2.45, 2.75) is 37.1 Å². The molecule has 6 fully saturated rings. The van der Waals surface area contributed by atoms with Crippen LogP contribution >= 0.6 is 0 Å². The molecule has 1 aromatic heterocycles. The first-order valence-electron chi connectivity index (χ1n) is 8.20. The van der Waals surface area contributed by atoms with Crippen molar-refractivity contribution in [3.8, 4) is 0 Å². The monoisotopic (exact) mass is 285 g/mol. The fraction of sp³-hybridized carbons (Fsp3) is 0.867. The summed E-state index contributed by atoms with van der Waals surface area (Å²) in [5, 5.41) is 0. The molecule has 0 radical (unpaired) electrons. The van der Waals surface area contributed by atoms with Gasteiger partial charge in [0.2, 0.25) is 0 Å². The summed E-state index contributed by atoms with van der Waals surface area (Å²) in [7, 11) is 1.63. The molecule has 1 saturated heterocycles. The average Bonchev–Trinajstić information content (AvgIpc) is 3.15. The molecule has 6 nitrogen and oxygen atoms in total. The molecule has 5 saturated carbocycles. The van der Waals surface area contributed by atoms with E-state index in [1.54, 1.807) is 7.05 Å². The third-order valence-electron chi connectivity index (χ3n) is 8.99. The van der Waals surface area contributed by atoms with Gasteiger partial charge in [-0.15, -0.1) is 0 Å². The number of epoxide rings is 1. The highest BCUT2D eigenvalue weighted by Gasteiger charge is 3.03. The molecule has 4 heterocycles. The van der Waals surface area contributed by atoms with E-state index in [-0.39, 0.29) is 11.4 Å². The normalized spacial score (nSPS) is 67.5. The predicted octanol–water partition coefficient (Wildman–Crippen LogP) is -0.503. The van der Waals surface area contributed by atoms with Crippen LogP contribution in [0.3, 0.4) is 0 Å². The van der Waals surface area contributed by atoms with Crippen molar-refractivity contribution in [2.75, 3.05) is 0 Å². The van der Waals surface area contributed by atoms with E-state index < -0.39 is 0 Å². The van der Waals surface area contributed by atoms with Gasteiger partial charge >= 0.3 is 11.4 Å². The summed E-state index contributed by atoms with van der Waals surface area (Å²) in [5.41, 5.74) is 0.446. The predicted molar refractivity (Wildman–Crippen MR) is 68.7 cm³/mol. The summed E-state index contributed by atoms with van der Waals surface area (Å²) in [6.07, 6.45) is 3.22. The van der Waals surface area contributed by atoms with Crippen molar-refractivity contribution < 1.29 is 4.74 Å². The van der Waals surface area contributed by atoms with E-state index in [9.17, 15) is 9.59 Å². The van der Waals surface area contributed by atoms with Crippen molar-refractivity contribution >= 4 is 0 Å². The zero-order valence-electron chi connectivity index (χ0n) is 11.6. The first-order chi connectivity index (χ1) is 10.1. The van der Waals surface area contributed by atoms with Gasteiger partial charge in [0.1, 0.15) is 0 Å². The summed E-state index contributed by atoms with van der Waals surface area (Å²) in [6.45, 7) is 0. The number of nitrogens with zero attached hydrogens (tertiary/aromatic N) is 3. The van der Waals surface area contributed by atoms with Crippen molar-refractivity contribution in [3.63, 3.8) is 0 Å². The summed E-state index contributed by atoms with van der Waals surface area (Å²) in [5.74, 6) is 3.09. The van der Waals surface area contributed by atoms with Crippen LogP contribution in [0.5, 0.6) is 0 Å². The molecule has 0 N–H and O–H groups in total. The van der Waals surface area contributed by atoms with Gasteiger partial charge in [0, 0.05) is 17.9 Å². The molecule has 2 spiro atoms. The van der Waals surface area contributed by atoms with Gasteiger partial charge < -0.3 is 4.74 Å². The molecule has 2 bridgehead atoms. The number of rotatable bonds is 0. The van der Waals surface area contributed by atoms with E-state index in [0.717, 1.165) is 24.7 Å². The number of ether oxygens (including phenoxy) is 1. The number of hydrogen-bond donors (Lipinski definition) is 0. The minimum atomic E-state index is -0.0935. The average molecular weight is 285 g/mol. The fourth-order valence-electron chi connectivity index (χ4n) is 8.81. The molecule has 0 aromatic carbocycles. The van der Waals surface area contributed by atoms with Crippen LogP contribution in [0.15, 0.2) is 9.59 Å². The molecule has 3 aliphatic heterocycles. The van der Waals surface area contributed by atoms with Gasteiger partial charge in [0.15, 0.2) is 0 Å². The lowest BCUT2D eigenvalue weighted by atomic mass is 9.04. The third kappa shape index (κ3) is 0.525. The van der Waals surface area contributed by atoms with Crippen LogP contribution in [0.4, 0.5) is 0 Å². The Morgan fingerprint density at radius 2 is 1.43 bits per heavy atom. The smallest absolute Gasteiger partial charge is 0.347 e. The van der Waals surface area contributed by atoms with E-state index in [1.165, 1.54) is 4.57 Å². The Kier molecular flexibility index (Phi) is 0.971. The summed E-state index contributed by atoms with van der Waals surface area (Å²) >= 11 is 0. The molecule has 10 atom stereocenters. The molecule has 8 aliphatic rings. The SMILES string of the molecule is Cn1c(=O)n2n(c1=O)C1C3C4C5C3C13CC1OC1CC53C42. The lowest BCUT2D eigenvalue weighted by Crippen LogP contribution is -3.01. The van der Waals surface area contributed by atoms with E-state index in [0.29, 0.717) is 47.0 Å². The second kappa shape index (κ2) is 2.11. The van der Waals surface area contributed by atoms with Gasteiger partial charge in [-0.25, -0.2) is 23.5 Å². The molecule has 6 heteroatoms. The van der Waals surface area contributed by atoms with Crippen LogP contribution in [0.1, 0.15) is 24.9 Å². The lowest BCUT2D eigenvalue weighted by molar-refractivity contribution is -0.557. The van der Waals surface area contributed by atoms with E-state index in [1.807, 2.05) is 9.36 Å². The second-order valence-corrected chi connectivity index (χ2v) is 8.61. The maximum Gasteiger partial charge on any atom is 0.347 e. The fourth-order valence-corrected chi connectivity index (χ4v) is 8.81. The molecule has 5 aliphatic carbocycles. The number of fused-ring (bicyclic) bond motifs is 1. The molecule has 0 amide bonds. The highest BCUT2D eigenvalue weighted by molar-refractivity contribution is 5.50. The van der Waals surface area contributed by atoms with Gasteiger partial charge in [-0.1, -0.05) is 0 Å². The van der Waals surface area contributed by atoms with Crippen molar-refractivity contribution in [1.29, 1.82) is 0 Å². The molecule has 1 aromatic rings. The molecular formula is C15H15N3O3. The standard InChI is InChI=1S/C15H15N3O3/c1-16-12(19)17-10-6-7-9-8(6)14(10)2-4-5(21-4)3-15(9,14)11(7)18(17)13(16)20/h4-11H,2-3H2,1H3. The molecule has 21 heavy (non-hydrogen) atoms. The van der Waals surface area contributed by atoms with Gasteiger partial charge in [-0.2, -0.15) is 0 Å². The quantitative estimate of drug-likeness (QED) is 0.604. The van der Waals surface area contributed by atoms with Crippen LogP contribution in [0.25, 0.3) is 0 Å². The maximum absolute atomic E-state index is 12.6. The molecular weight excluding hydrogens is 270 g/mol. The Morgan fingerprint density at radius 1 is 0.952 bits per heavy atom. The van der Waals surface area contributed by atoms with Crippen molar-refractivity contribution in [1.82, 2.24) is 13.9 Å². The van der Waals surface area contributed by atoms with E-state index in [2.05, 4.69) is 0 Å². The number of hydrogen-bond acceptors (Lipinski definition) is 3. The highest BCUT2D eigenvalue weighted by Crippen LogP contribution is 3.04. The van der Waals surface area contributed by atoms with Crippen molar-refractivity contribution in [2.24, 2.45) is 41.5 Å². The Hall–Kier alpha value is -1.30. The first kappa shape index (κ1) is 9.66. The lowest BCUT2D eigenvalue weighted by Gasteiger charge is -3.02. The van der Waals surface area contributed by atoms with Crippen LogP contribution in [0.2, 0.25) is 0 Å². The van der Waals surface area contributed by atoms with Gasteiger partial charge in [0.05, 0.1) is 24.3 Å². The maximum atomic E-state index is 12.6. The zero-order chi connectivity index (χ0) is 13.6. The van der Waals surface area contributed by atoms with Crippen LogP contribution in [0, 0.1) is 34.5 Å². The Bertz CT molecular complexity index is 854.